The van der Waals surface area contributed by atoms with Gasteiger partial charge in [-0.1, -0.05) is 24.3 Å². The molecule has 1 aliphatic rings. The van der Waals surface area contributed by atoms with E-state index in [0.717, 1.165) is 12.1 Å². The van der Waals surface area contributed by atoms with Gasteiger partial charge in [0.15, 0.2) is 0 Å². The van der Waals surface area contributed by atoms with Gasteiger partial charge in [0.1, 0.15) is 0 Å². The molecular weight excluding hydrogens is 216 g/mol. The van der Waals surface area contributed by atoms with Crippen LogP contribution < -0.4 is 10.8 Å². The van der Waals surface area contributed by atoms with Crippen molar-refractivity contribution in [3.63, 3.8) is 0 Å². The van der Waals surface area contributed by atoms with Crippen LogP contribution in [0.3, 0.4) is 0 Å². The number of hydrogen-bond donors (Lipinski definition) is 3. The molecule has 1 aromatic rings. The lowest BCUT2D eigenvalue weighted by atomic mass is 10.0. The summed E-state index contributed by atoms with van der Waals surface area (Å²) in [5, 5.41) is 11.8. The minimum atomic E-state index is -0.522. The molecule has 0 bridgehead atoms. The van der Waals surface area contributed by atoms with Crippen LogP contribution in [0.4, 0.5) is 0 Å². The molecule has 4 nitrogen and oxygen atoms in total. The Hall–Kier alpha value is -1.65. The highest BCUT2D eigenvalue weighted by Gasteiger charge is 2.15. The molecule has 17 heavy (non-hydrogen) atoms. The van der Waals surface area contributed by atoms with E-state index < -0.39 is 5.91 Å². The molecule has 0 aromatic heterocycles. The third kappa shape index (κ3) is 3.15. The molecule has 1 aliphatic heterocycles. The van der Waals surface area contributed by atoms with Crippen molar-refractivity contribution in [1.82, 2.24) is 10.8 Å². The molecule has 4 heteroatoms. The molecule has 0 saturated carbocycles. The van der Waals surface area contributed by atoms with Crippen molar-refractivity contribution in [2.75, 3.05) is 6.54 Å². The molecule has 0 spiro atoms. The van der Waals surface area contributed by atoms with Crippen molar-refractivity contribution < 1.29 is 10.0 Å². The zero-order valence-electron chi connectivity index (χ0n) is 9.52. The summed E-state index contributed by atoms with van der Waals surface area (Å²) in [6.07, 6.45) is 5.37. The van der Waals surface area contributed by atoms with Crippen molar-refractivity contribution in [2.24, 2.45) is 0 Å². The molecule has 1 aromatic carbocycles. The maximum absolute atomic E-state index is 10.8. The highest BCUT2D eigenvalue weighted by atomic mass is 16.5. The quantitative estimate of drug-likeness (QED) is 0.421. The van der Waals surface area contributed by atoms with Crippen LogP contribution >= 0.6 is 0 Å². The largest absolute Gasteiger partial charge is 0.310 e. The average Bonchev–Trinajstić information content (AvgIpc) is 2.90. The Balaban J connectivity index is 2.02. The summed E-state index contributed by atoms with van der Waals surface area (Å²) in [7, 11) is 0. The van der Waals surface area contributed by atoms with Crippen LogP contribution in [-0.4, -0.2) is 17.7 Å². The minimum absolute atomic E-state index is 0.466. The van der Waals surface area contributed by atoms with Gasteiger partial charge in [0, 0.05) is 12.1 Å². The summed E-state index contributed by atoms with van der Waals surface area (Å²) in [5.41, 5.74) is 3.78. The third-order valence-electron chi connectivity index (χ3n) is 2.94. The topological polar surface area (TPSA) is 61.4 Å². The normalized spacial score (nSPS) is 19.7. The number of rotatable bonds is 3. The number of benzene rings is 1. The predicted octanol–water partition coefficient (Wildman–Crippen LogP) is 1.63. The van der Waals surface area contributed by atoms with Gasteiger partial charge in [0.25, 0.3) is 5.91 Å². The SMILES string of the molecule is O=C(/C=C/c1ccc([C@@H]2CCCN2)cc1)NO. The Morgan fingerprint density at radius 1 is 1.41 bits per heavy atom. The van der Waals surface area contributed by atoms with E-state index in [0.29, 0.717) is 6.04 Å². The van der Waals surface area contributed by atoms with Gasteiger partial charge in [0.2, 0.25) is 0 Å². The smallest absolute Gasteiger partial charge is 0.267 e. The predicted molar refractivity (Wildman–Crippen MR) is 65.4 cm³/mol. The van der Waals surface area contributed by atoms with Gasteiger partial charge >= 0.3 is 0 Å². The molecule has 3 N–H and O–H groups in total. The third-order valence-corrected chi connectivity index (χ3v) is 2.94. The van der Waals surface area contributed by atoms with E-state index in [1.807, 2.05) is 12.1 Å². The Labute approximate surface area is 100 Å². The summed E-state index contributed by atoms with van der Waals surface area (Å²) in [6.45, 7) is 1.09. The van der Waals surface area contributed by atoms with E-state index in [2.05, 4.69) is 17.4 Å². The molecule has 1 heterocycles. The highest BCUT2D eigenvalue weighted by molar-refractivity contribution is 5.90. The zero-order valence-corrected chi connectivity index (χ0v) is 9.52. The first-order valence-corrected chi connectivity index (χ1v) is 5.75. The van der Waals surface area contributed by atoms with E-state index >= 15 is 0 Å². The molecule has 1 fully saturated rings. The number of hydroxylamine groups is 1. The lowest BCUT2D eigenvalue weighted by molar-refractivity contribution is -0.124. The summed E-state index contributed by atoms with van der Waals surface area (Å²) in [4.78, 5) is 10.8. The van der Waals surface area contributed by atoms with Crippen LogP contribution in [0, 0.1) is 0 Å². The number of amides is 1. The molecule has 0 aliphatic carbocycles. The van der Waals surface area contributed by atoms with Crippen molar-refractivity contribution in [2.45, 2.75) is 18.9 Å². The van der Waals surface area contributed by atoms with Gasteiger partial charge in [-0.15, -0.1) is 0 Å². The minimum Gasteiger partial charge on any atom is -0.310 e. The molecule has 90 valence electrons. The summed E-state index contributed by atoms with van der Waals surface area (Å²) >= 11 is 0. The molecule has 1 amide bonds. The van der Waals surface area contributed by atoms with Gasteiger partial charge < -0.3 is 5.32 Å². The fraction of sp³-hybridized carbons (Fsp3) is 0.308. The highest BCUT2D eigenvalue weighted by Crippen LogP contribution is 2.23. The van der Waals surface area contributed by atoms with Crippen LogP contribution in [-0.2, 0) is 4.79 Å². The monoisotopic (exact) mass is 232 g/mol. The lowest BCUT2D eigenvalue weighted by Gasteiger charge is -2.10. The van der Waals surface area contributed by atoms with Gasteiger partial charge in [-0.2, -0.15) is 0 Å². The second kappa shape index (κ2) is 5.61. The Morgan fingerprint density at radius 2 is 2.18 bits per heavy atom. The Morgan fingerprint density at radius 3 is 2.76 bits per heavy atom. The van der Waals surface area contributed by atoms with Gasteiger partial charge in [-0.05, 0) is 36.6 Å². The van der Waals surface area contributed by atoms with E-state index in [4.69, 9.17) is 5.21 Å². The standard InChI is InChI=1S/C13H16N2O2/c16-13(15-17)8-5-10-3-6-11(7-4-10)12-2-1-9-14-12/h3-8,12,14,17H,1-2,9H2,(H,15,16)/b8-5+/t12-/m0/s1. The Kier molecular flexibility index (Phi) is 3.90. The van der Waals surface area contributed by atoms with Crippen LogP contribution in [0.5, 0.6) is 0 Å². The molecule has 2 rings (SSSR count). The number of carbonyl (C=O) groups excluding carboxylic acids is 1. The lowest BCUT2D eigenvalue weighted by Crippen LogP contribution is -2.14. The summed E-state index contributed by atoms with van der Waals surface area (Å²) in [6, 6.07) is 8.54. The van der Waals surface area contributed by atoms with Gasteiger partial charge in [-0.25, -0.2) is 5.48 Å². The number of carbonyl (C=O) groups is 1. The van der Waals surface area contributed by atoms with Crippen LogP contribution in [0.1, 0.15) is 30.0 Å². The van der Waals surface area contributed by atoms with Crippen molar-refractivity contribution in [3.05, 3.63) is 41.5 Å². The number of hydrogen-bond acceptors (Lipinski definition) is 3. The fourth-order valence-electron chi connectivity index (χ4n) is 2.02. The molecule has 1 atom stereocenters. The van der Waals surface area contributed by atoms with Crippen LogP contribution in [0.15, 0.2) is 30.3 Å². The fourth-order valence-corrected chi connectivity index (χ4v) is 2.02. The van der Waals surface area contributed by atoms with Crippen LogP contribution in [0.25, 0.3) is 6.08 Å². The molecule has 0 radical (unpaired) electrons. The first-order valence-electron chi connectivity index (χ1n) is 5.75. The van der Waals surface area contributed by atoms with E-state index in [1.165, 1.54) is 24.5 Å². The number of nitrogens with one attached hydrogen (secondary N) is 2. The molecule has 0 unspecified atom stereocenters. The Bertz CT molecular complexity index is 406. The first-order chi connectivity index (χ1) is 8.29. The summed E-state index contributed by atoms with van der Waals surface area (Å²) < 4.78 is 0. The first kappa shape index (κ1) is 11.8. The molecule has 1 saturated heterocycles. The van der Waals surface area contributed by atoms with Crippen LogP contribution in [0.2, 0.25) is 0 Å². The second-order valence-electron chi connectivity index (χ2n) is 4.12. The van der Waals surface area contributed by atoms with Gasteiger partial charge in [-0.3, -0.25) is 10.0 Å². The van der Waals surface area contributed by atoms with Crippen molar-refractivity contribution in [3.8, 4) is 0 Å². The van der Waals surface area contributed by atoms with Gasteiger partial charge in [0.05, 0.1) is 0 Å². The van der Waals surface area contributed by atoms with Crippen molar-refractivity contribution in [1.29, 1.82) is 0 Å². The second-order valence-corrected chi connectivity index (χ2v) is 4.12. The summed E-state index contributed by atoms with van der Waals surface area (Å²) in [5.74, 6) is -0.522. The zero-order chi connectivity index (χ0) is 12.1. The van der Waals surface area contributed by atoms with Crippen molar-refractivity contribution >= 4 is 12.0 Å². The average molecular weight is 232 g/mol. The van der Waals surface area contributed by atoms with E-state index in [9.17, 15) is 4.79 Å². The van der Waals surface area contributed by atoms with E-state index in [1.54, 1.807) is 11.6 Å². The maximum atomic E-state index is 10.8. The molecular formula is C13H16N2O2. The maximum Gasteiger partial charge on any atom is 0.267 e. The van der Waals surface area contributed by atoms with E-state index in [-0.39, 0.29) is 0 Å².